The highest BCUT2D eigenvalue weighted by molar-refractivity contribution is 6.06. The van der Waals surface area contributed by atoms with Gasteiger partial charge in [-0.2, -0.15) is 0 Å². The van der Waals surface area contributed by atoms with Crippen LogP contribution in [0, 0.1) is 10.1 Å². The number of hydrogen-bond donors (Lipinski definition) is 2. The molecule has 0 spiro atoms. The molecule has 2 N–H and O–H groups in total. The minimum absolute atomic E-state index is 0. The maximum absolute atomic E-state index is 12.8. The number of carbonyl (C=O) groups is 1. The third kappa shape index (κ3) is 5.51. The first-order chi connectivity index (χ1) is 16.6. The Morgan fingerprint density at radius 2 is 1.77 bits per heavy atom. The van der Waals surface area contributed by atoms with Gasteiger partial charge in [-0.15, -0.1) is 12.4 Å². The molecule has 35 heavy (non-hydrogen) atoms. The van der Waals surface area contributed by atoms with Crippen LogP contribution in [-0.4, -0.2) is 41.9 Å². The summed E-state index contributed by atoms with van der Waals surface area (Å²) in [5.41, 5.74) is 3.67. The molecule has 1 saturated heterocycles. The van der Waals surface area contributed by atoms with Gasteiger partial charge in [0.05, 0.1) is 10.6 Å². The van der Waals surface area contributed by atoms with E-state index < -0.39 is 4.92 Å². The molecule has 5 rings (SSSR count). The third-order valence-corrected chi connectivity index (χ3v) is 5.98. The zero-order valence-electron chi connectivity index (χ0n) is 18.9. The van der Waals surface area contributed by atoms with Gasteiger partial charge in [0.2, 0.25) is 0 Å². The number of hydrogen-bond acceptors (Lipinski definition) is 6. The quantitative estimate of drug-likeness (QED) is 0.287. The largest absolute Gasteiger partial charge is 0.456 e. The van der Waals surface area contributed by atoms with E-state index in [-0.39, 0.29) is 24.0 Å². The number of nitro groups is 1. The average Bonchev–Trinajstić information content (AvgIpc) is 3.28. The van der Waals surface area contributed by atoms with Crippen LogP contribution in [-0.2, 0) is 6.54 Å². The molecule has 1 aromatic heterocycles. The van der Waals surface area contributed by atoms with Gasteiger partial charge in [-0.25, -0.2) is 0 Å². The smallest absolute Gasteiger partial charge is 0.269 e. The second-order valence-corrected chi connectivity index (χ2v) is 8.31. The monoisotopic (exact) mass is 492 g/mol. The second kappa shape index (κ2) is 10.7. The van der Waals surface area contributed by atoms with E-state index in [0.717, 1.165) is 49.3 Å². The van der Waals surface area contributed by atoms with Gasteiger partial charge < -0.3 is 15.1 Å². The molecule has 8 nitrogen and oxygen atoms in total. The van der Waals surface area contributed by atoms with E-state index in [2.05, 4.69) is 27.7 Å². The van der Waals surface area contributed by atoms with Crippen LogP contribution >= 0.6 is 12.4 Å². The van der Waals surface area contributed by atoms with E-state index in [1.165, 1.54) is 29.8 Å². The maximum atomic E-state index is 12.8. The van der Waals surface area contributed by atoms with Crippen LogP contribution in [0.15, 0.2) is 77.2 Å². The molecule has 9 heteroatoms. The van der Waals surface area contributed by atoms with E-state index in [9.17, 15) is 14.9 Å². The van der Waals surface area contributed by atoms with Crippen LogP contribution < -0.4 is 10.6 Å². The number of fused-ring (bicyclic) bond motifs is 1. The molecule has 4 aromatic rings. The summed E-state index contributed by atoms with van der Waals surface area (Å²) in [7, 11) is 0. The van der Waals surface area contributed by atoms with Gasteiger partial charge in [0, 0.05) is 61.4 Å². The summed E-state index contributed by atoms with van der Waals surface area (Å²) in [5, 5.41) is 18.1. The molecule has 1 fully saturated rings. The number of amides is 1. The van der Waals surface area contributed by atoms with E-state index in [1.54, 1.807) is 0 Å². The molecule has 2 heterocycles. The van der Waals surface area contributed by atoms with Crippen molar-refractivity contribution in [2.45, 2.75) is 6.54 Å². The minimum Gasteiger partial charge on any atom is -0.456 e. The number of rotatable bonds is 6. The predicted molar refractivity (Wildman–Crippen MR) is 138 cm³/mol. The molecule has 0 aliphatic carbocycles. The molecule has 0 radical (unpaired) electrons. The molecule has 1 aliphatic rings. The van der Waals surface area contributed by atoms with E-state index >= 15 is 0 Å². The lowest BCUT2D eigenvalue weighted by molar-refractivity contribution is -0.384. The Hall–Kier alpha value is -3.72. The van der Waals surface area contributed by atoms with Crippen molar-refractivity contribution < 1.29 is 14.1 Å². The van der Waals surface area contributed by atoms with Gasteiger partial charge >= 0.3 is 0 Å². The minimum atomic E-state index is -0.492. The van der Waals surface area contributed by atoms with Crippen LogP contribution in [0.3, 0.4) is 0 Å². The maximum Gasteiger partial charge on any atom is 0.269 e. The summed E-state index contributed by atoms with van der Waals surface area (Å²) in [6.07, 6.45) is 0. The van der Waals surface area contributed by atoms with Crippen molar-refractivity contribution in [2.24, 2.45) is 0 Å². The fourth-order valence-electron chi connectivity index (χ4n) is 4.19. The zero-order valence-corrected chi connectivity index (χ0v) is 19.7. The molecular weight excluding hydrogens is 468 g/mol. The topological polar surface area (TPSA) is 101 Å². The number of furan rings is 1. The lowest BCUT2D eigenvalue weighted by Gasteiger charge is -2.27. The number of anilines is 1. The Labute approximate surface area is 208 Å². The Kier molecular flexibility index (Phi) is 7.45. The lowest BCUT2D eigenvalue weighted by Crippen LogP contribution is -2.42. The van der Waals surface area contributed by atoms with Crippen molar-refractivity contribution in [2.75, 3.05) is 31.5 Å². The number of nitrogens with one attached hydrogen (secondary N) is 2. The van der Waals surface area contributed by atoms with Gasteiger partial charge in [-0.05, 0) is 48.0 Å². The summed E-state index contributed by atoms with van der Waals surface area (Å²) >= 11 is 0. The molecule has 0 atom stereocenters. The van der Waals surface area contributed by atoms with Crippen molar-refractivity contribution in [3.05, 3.63) is 94.0 Å². The van der Waals surface area contributed by atoms with Crippen LogP contribution in [0.1, 0.15) is 15.9 Å². The first kappa shape index (κ1) is 24.4. The van der Waals surface area contributed by atoms with E-state index in [0.29, 0.717) is 17.0 Å². The van der Waals surface area contributed by atoms with Crippen LogP contribution in [0.25, 0.3) is 22.3 Å². The molecular formula is C26H25ClN4O4. The summed E-state index contributed by atoms with van der Waals surface area (Å²) < 4.78 is 6.12. The van der Waals surface area contributed by atoms with Gasteiger partial charge in [0.25, 0.3) is 11.6 Å². The summed E-state index contributed by atoms with van der Waals surface area (Å²) in [6.45, 7) is 5.01. The van der Waals surface area contributed by atoms with Crippen molar-refractivity contribution in [1.29, 1.82) is 0 Å². The van der Waals surface area contributed by atoms with Crippen molar-refractivity contribution in [3.8, 4) is 11.3 Å². The molecule has 3 aromatic carbocycles. The fourth-order valence-corrected chi connectivity index (χ4v) is 4.19. The number of nitro benzene ring substituents is 1. The predicted octanol–water partition coefficient (Wildman–Crippen LogP) is 5.09. The van der Waals surface area contributed by atoms with Gasteiger partial charge in [-0.3, -0.25) is 19.8 Å². The Morgan fingerprint density at radius 3 is 2.51 bits per heavy atom. The highest BCUT2D eigenvalue weighted by Gasteiger charge is 2.16. The van der Waals surface area contributed by atoms with Gasteiger partial charge in [-0.1, -0.05) is 18.2 Å². The first-order valence-corrected chi connectivity index (χ1v) is 11.2. The standard InChI is InChI=1S/C26H24N4O4.ClH/c31-26(19-6-8-21(9-7-19)30(32)33)28-23-4-2-1-3-22(23)25-16-20-15-18(5-10-24(20)34-25)17-29-13-11-27-12-14-29;/h1-10,15-16,27H,11-14,17H2,(H,28,31);1H. The number of benzene rings is 3. The van der Waals surface area contributed by atoms with Crippen molar-refractivity contribution in [1.82, 2.24) is 10.2 Å². The zero-order chi connectivity index (χ0) is 23.5. The number of piperazine rings is 1. The Balaban J connectivity index is 0.00000289. The number of non-ortho nitro benzene ring substituents is 1. The molecule has 0 saturated carbocycles. The van der Waals surface area contributed by atoms with E-state index in [1.807, 2.05) is 36.4 Å². The molecule has 180 valence electrons. The first-order valence-electron chi connectivity index (χ1n) is 11.2. The molecule has 0 bridgehead atoms. The van der Waals surface area contributed by atoms with Crippen LogP contribution in [0.2, 0.25) is 0 Å². The average molecular weight is 493 g/mol. The van der Waals surface area contributed by atoms with E-state index in [4.69, 9.17) is 4.42 Å². The number of nitrogens with zero attached hydrogens (tertiary/aromatic N) is 2. The second-order valence-electron chi connectivity index (χ2n) is 8.31. The third-order valence-electron chi connectivity index (χ3n) is 5.98. The fraction of sp³-hybridized carbons (Fsp3) is 0.192. The summed E-state index contributed by atoms with van der Waals surface area (Å²) in [6, 6.07) is 21.2. The lowest BCUT2D eigenvalue weighted by atomic mass is 10.1. The molecule has 1 aliphatic heterocycles. The van der Waals surface area contributed by atoms with Crippen molar-refractivity contribution in [3.63, 3.8) is 0 Å². The number of carbonyl (C=O) groups excluding carboxylic acids is 1. The Bertz CT molecular complexity index is 1350. The van der Waals surface area contributed by atoms with Crippen molar-refractivity contribution >= 4 is 40.7 Å². The Morgan fingerprint density at radius 1 is 1.03 bits per heavy atom. The summed E-state index contributed by atoms with van der Waals surface area (Å²) in [5.74, 6) is 0.311. The summed E-state index contributed by atoms with van der Waals surface area (Å²) in [4.78, 5) is 25.6. The highest BCUT2D eigenvalue weighted by atomic mass is 35.5. The van der Waals surface area contributed by atoms with Crippen LogP contribution in [0.5, 0.6) is 0 Å². The SMILES string of the molecule is Cl.O=C(Nc1ccccc1-c1cc2cc(CN3CCNCC3)ccc2o1)c1ccc([N+](=O)[O-])cc1. The highest BCUT2D eigenvalue weighted by Crippen LogP contribution is 2.33. The van der Waals surface area contributed by atoms with Crippen LogP contribution in [0.4, 0.5) is 11.4 Å². The molecule has 1 amide bonds. The number of halogens is 1. The normalized spacial score (nSPS) is 13.8. The van der Waals surface area contributed by atoms with Gasteiger partial charge in [0.1, 0.15) is 11.3 Å². The molecule has 0 unspecified atom stereocenters. The number of para-hydroxylation sites is 1. The van der Waals surface area contributed by atoms with Gasteiger partial charge in [0.15, 0.2) is 0 Å².